The summed E-state index contributed by atoms with van der Waals surface area (Å²) in [5.74, 6) is -0.731. The van der Waals surface area contributed by atoms with Crippen molar-refractivity contribution in [3.05, 3.63) is 59.7 Å². The van der Waals surface area contributed by atoms with Crippen molar-refractivity contribution in [1.29, 1.82) is 5.26 Å². The van der Waals surface area contributed by atoms with Crippen LogP contribution in [0.15, 0.2) is 42.7 Å². The Bertz CT molecular complexity index is 771. The number of hydrogen-bond donors (Lipinski definition) is 1. The molecule has 0 amide bonds. The largest absolute Gasteiger partial charge is 0.282 e. The molecule has 7 heteroatoms. The van der Waals surface area contributed by atoms with E-state index in [-0.39, 0.29) is 17.0 Å². The Labute approximate surface area is 122 Å². The number of aryl methyl sites for hydroxylation is 1. The first-order valence-electron chi connectivity index (χ1n) is 6.09. The van der Waals surface area contributed by atoms with Crippen molar-refractivity contribution in [1.82, 2.24) is 4.98 Å². The third kappa shape index (κ3) is 4.26. The molecule has 0 fully saturated rings. The second-order valence-electron chi connectivity index (χ2n) is 4.33. The number of pyridine rings is 1. The van der Waals surface area contributed by atoms with E-state index in [4.69, 9.17) is 5.26 Å². The van der Waals surface area contributed by atoms with E-state index < -0.39 is 15.8 Å². The van der Waals surface area contributed by atoms with Crippen molar-refractivity contribution in [2.45, 2.75) is 6.42 Å². The van der Waals surface area contributed by atoms with Crippen molar-refractivity contribution >= 4 is 15.7 Å². The zero-order valence-corrected chi connectivity index (χ0v) is 11.8. The Balaban J connectivity index is 2.10. The van der Waals surface area contributed by atoms with Crippen molar-refractivity contribution in [3.63, 3.8) is 0 Å². The molecular formula is C14H12FN3O2S. The van der Waals surface area contributed by atoms with Gasteiger partial charge in [0, 0.05) is 12.4 Å². The molecule has 21 heavy (non-hydrogen) atoms. The summed E-state index contributed by atoms with van der Waals surface area (Å²) in [6, 6.07) is 8.54. The van der Waals surface area contributed by atoms with Gasteiger partial charge in [-0.05, 0) is 42.3 Å². The molecular weight excluding hydrogens is 293 g/mol. The van der Waals surface area contributed by atoms with Crippen molar-refractivity contribution in [2.75, 3.05) is 10.5 Å². The van der Waals surface area contributed by atoms with Crippen LogP contribution in [-0.2, 0) is 16.4 Å². The van der Waals surface area contributed by atoms with Crippen LogP contribution in [0, 0.1) is 17.1 Å². The first-order chi connectivity index (χ1) is 10.00. The first kappa shape index (κ1) is 14.9. The zero-order valence-electron chi connectivity index (χ0n) is 11.0. The molecule has 1 heterocycles. The summed E-state index contributed by atoms with van der Waals surface area (Å²) in [5.41, 5.74) is 0.867. The highest BCUT2D eigenvalue weighted by molar-refractivity contribution is 7.92. The number of nitriles is 1. The Morgan fingerprint density at radius 2 is 1.95 bits per heavy atom. The predicted molar refractivity (Wildman–Crippen MR) is 76.5 cm³/mol. The van der Waals surface area contributed by atoms with Gasteiger partial charge < -0.3 is 0 Å². The van der Waals surface area contributed by atoms with Gasteiger partial charge in [0.2, 0.25) is 10.0 Å². The zero-order chi connectivity index (χ0) is 15.3. The number of nitrogens with one attached hydrogen (secondary N) is 1. The molecule has 1 N–H and O–H groups in total. The van der Waals surface area contributed by atoms with Crippen LogP contribution in [0.4, 0.5) is 10.1 Å². The van der Waals surface area contributed by atoms with E-state index in [0.29, 0.717) is 6.42 Å². The molecule has 0 bridgehead atoms. The maximum atomic E-state index is 13.0. The Morgan fingerprint density at radius 1 is 1.24 bits per heavy atom. The third-order valence-corrected chi connectivity index (χ3v) is 4.05. The average Bonchev–Trinajstić information content (AvgIpc) is 2.48. The van der Waals surface area contributed by atoms with Gasteiger partial charge in [-0.1, -0.05) is 0 Å². The fourth-order valence-electron chi connectivity index (χ4n) is 1.72. The number of aromatic nitrogens is 1. The minimum atomic E-state index is -3.62. The summed E-state index contributed by atoms with van der Waals surface area (Å²) in [6.07, 6.45) is 3.49. The summed E-state index contributed by atoms with van der Waals surface area (Å²) in [5, 5.41) is 8.89. The summed E-state index contributed by atoms with van der Waals surface area (Å²) < 4.78 is 39.3. The molecule has 0 aliphatic heterocycles. The number of benzene rings is 1. The van der Waals surface area contributed by atoms with Gasteiger partial charge in [0.05, 0.1) is 17.0 Å². The van der Waals surface area contributed by atoms with Crippen LogP contribution < -0.4 is 4.72 Å². The SMILES string of the molecule is N#Cc1cc(F)ccc1NS(=O)(=O)CCc1ccncc1. The number of anilines is 1. The average molecular weight is 305 g/mol. The van der Waals surface area contributed by atoms with Crippen LogP contribution in [0.25, 0.3) is 0 Å². The Kier molecular flexibility index (Phi) is 4.50. The number of hydrogen-bond acceptors (Lipinski definition) is 4. The molecule has 2 rings (SSSR count). The fraction of sp³-hybridized carbons (Fsp3) is 0.143. The highest BCUT2D eigenvalue weighted by atomic mass is 32.2. The lowest BCUT2D eigenvalue weighted by atomic mass is 10.2. The van der Waals surface area contributed by atoms with Crippen LogP contribution in [0.3, 0.4) is 0 Å². The molecule has 5 nitrogen and oxygen atoms in total. The molecule has 2 aromatic rings. The van der Waals surface area contributed by atoms with Gasteiger partial charge >= 0.3 is 0 Å². The molecule has 108 valence electrons. The molecule has 0 unspecified atom stereocenters. The van der Waals surface area contributed by atoms with E-state index in [1.807, 2.05) is 0 Å². The minimum absolute atomic E-state index is 0.0533. The third-order valence-electron chi connectivity index (χ3n) is 2.78. The number of sulfonamides is 1. The monoisotopic (exact) mass is 305 g/mol. The van der Waals surface area contributed by atoms with Crippen LogP contribution in [0.5, 0.6) is 0 Å². The Hall–Kier alpha value is -2.46. The number of rotatable bonds is 5. The molecule has 0 saturated carbocycles. The lowest BCUT2D eigenvalue weighted by Crippen LogP contribution is -2.19. The smallest absolute Gasteiger partial charge is 0.233 e. The van der Waals surface area contributed by atoms with E-state index in [0.717, 1.165) is 17.7 Å². The predicted octanol–water partition coefficient (Wildman–Crippen LogP) is 2.08. The molecule has 0 saturated heterocycles. The van der Waals surface area contributed by atoms with Gasteiger partial charge in [0.25, 0.3) is 0 Å². The summed E-state index contributed by atoms with van der Waals surface area (Å²) in [7, 11) is -3.62. The summed E-state index contributed by atoms with van der Waals surface area (Å²) in [6.45, 7) is 0. The molecule has 0 aliphatic carbocycles. The van der Waals surface area contributed by atoms with Gasteiger partial charge in [-0.2, -0.15) is 5.26 Å². The van der Waals surface area contributed by atoms with Gasteiger partial charge in [-0.3, -0.25) is 9.71 Å². The quantitative estimate of drug-likeness (QED) is 0.916. The maximum Gasteiger partial charge on any atom is 0.233 e. The lowest BCUT2D eigenvalue weighted by Gasteiger charge is -2.09. The van der Waals surface area contributed by atoms with Gasteiger partial charge in [0.1, 0.15) is 11.9 Å². The second-order valence-corrected chi connectivity index (χ2v) is 6.17. The fourth-order valence-corrected chi connectivity index (χ4v) is 2.84. The van der Waals surface area contributed by atoms with Crippen LogP contribution in [0.1, 0.15) is 11.1 Å². The Morgan fingerprint density at radius 3 is 2.62 bits per heavy atom. The van der Waals surface area contributed by atoms with E-state index >= 15 is 0 Å². The topological polar surface area (TPSA) is 82.9 Å². The molecule has 0 aliphatic rings. The van der Waals surface area contributed by atoms with E-state index in [1.165, 1.54) is 6.07 Å². The van der Waals surface area contributed by atoms with E-state index in [1.54, 1.807) is 30.6 Å². The van der Waals surface area contributed by atoms with E-state index in [2.05, 4.69) is 9.71 Å². The normalized spacial score (nSPS) is 10.9. The number of halogens is 1. The molecule has 0 atom stereocenters. The summed E-state index contributed by atoms with van der Waals surface area (Å²) in [4.78, 5) is 3.85. The summed E-state index contributed by atoms with van der Waals surface area (Å²) >= 11 is 0. The van der Waals surface area contributed by atoms with Gasteiger partial charge in [-0.15, -0.1) is 0 Å². The van der Waals surface area contributed by atoms with Crippen molar-refractivity contribution in [3.8, 4) is 6.07 Å². The number of nitrogens with zero attached hydrogens (tertiary/aromatic N) is 2. The minimum Gasteiger partial charge on any atom is -0.282 e. The van der Waals surface area contributed by atoms with Crippen molar-refractivity contribution in [2.24, 2.45) is 0 Å². The van der Waals surface area contributed by atoms with Gasteiger partial charge in [-0.25, -0.2) is 12.8 Å². The van der Waals surface area contributed by atoms with E-state index in [9.17, 15) is 12.8 Å². The van der Waals surface area contributed by atoms with Crippen LogP contribution in [0.2, 0.25) is 0 Å². The molecule has 0 spiro atoms. The molecule has 0 radical (unpaired) electrons. The molecule has 1 aromatic carbocycles. The van der Waals surface area contributed by atoms with Crippen LogP contribution >= 0.6 is 0 Å². The lowest BCUT2D eigenvalue weighted by molar-refractivity contribution is 0.600. The van der Waals surface area contributed by atoms with Gasteiger partial charge in [0.15, 0.2) is 0 Å². The van der Waals surface area contributed by atoms with Crippen molar-refractivity contribution < 1.29 is 12.8 Å². The highest BCUT2D eigenvalue weighted by Gasteiger charge is 2.13. The maximum absolute atomic E-state index is 13.0. The first-order valence-corrected chi connectivity index (χ1v) is 7.74. The second kappa shape index (κ2) is 6.33. The molecule has 1 aromatic heterocycles. The standard InChI is InChI=1S/C14H12FN3O2S/c15-13-1-2-14(12(9-13)10-16)18-21(19,20)8-5-11-3-6-17-7-4-11/h1-4,6-7,9,18H,5,8H2. The van der Waals surface area contributed by atoms with Crippen LogP contribution in [-0.4, -0.2) is 19.2 Å². The highest BCUT2D eigenvalue weighted by Crippen LogP contribution is 2.17.